The Hall–Kier alpha value is -2.10. The van der Waals surface area contributed by atoms with Crippen molar-refractivity contribution < 1.29 is 4.74 Å². The van der Waals surface area contributed by atoms with E-state index < -0.39 is 0 Å². The normalized spacial score (nSPS) is 11.6. The topological polar surface area (TPSA) is 87.0 Å². The number of nitriles is 1. The first-order valence-corrected chi connectivity index (χ1v) is 6.83. The van der Waals surface area contributed by atoms with Crippen LogP contribution in [-0.4, -0.2) is 41.7 Å². The number of hydrogen-bond acceptors (Lipinski definition) is 7. The predicted octanol–water partition coefficient (Wildman–Crippen LogP) is 1.69. The molecule has 0 fully saturated rings. The smallest absolute Gasteiger partial charge is 0.322 e. The van der Waals surface area contributed by atoms with E-state index in [0.717, 1.165) is 13.0 Å². The average molecular weight is 278 g/mol. The fraction of sp³-hybridized carbons (Fsp3) is 0.692. The van der Waals surface area contributed by atoms with Gasteiger partial charge in [-0.1, -0.05) is 6.92 Å². The molecular weight excluding hydrogens is 256 g/mol. The highest BCUT2D eigenvalue weighted by molar-refractivity contribution is 5.38. The van der Waals surface area contributed by atoms with E-state index >= 15 is 0 Å². The van der Waals surface area contributed by atoms with Crippen LogP contribution in [0.4, 0.5) is 11.9 Å². The molecule has 0 bridgehead atoms. The zero-order valence-corrected chi connectivity index (χ0v) is 12.6. The lowest BCUT2D eigenvalue weighted by atomic mass is 10.2. The molecule has 1 atom stereocenters. The Balaban J connectivity index is 2.98. The second-order valence-electron chi connectivity index (χ2n) is 4.44. The molecule has 0 radical (unpaired) electrons. The Morgan fingerprint density at radius 3 is 2.65 bits per heavy atom. The van der Waals surface area contributed by atoms with Crippen LogP contribution in [-0.2, 0) is 0 Å². The summed E-state index contributed by atoms with van der Waals surface area (Å²) in [6, 6.07) is 2.49. The molecule has 7 heteroatoms. The standard InChI is InChI=1S/C13H22N6O/c1-5-7-15-11-16-12(18-13(17-11)20-4)19(6-2)9-10(3)8-14/h10H,5-7,9H2,1-4H3,(H,15,16,17,18). The van der Waals surface area contributed by atoms with E-state index in [1.54, 1.807) is 0 Å². The zero-order valence-electron chi connectivity index (χ0n) is 12.6. The number of rotatable bonds is 8. The van der Waals surface area contributed by atoms with Crippen molar-refractivity contribution in [1.29, 1.82) is 5.26 Å². The Morgan fingerprint density at radius 2 is 2.10 bits per heavy atom. The minimum atomic E-state index is -0.0928. The first kappa shape index (κ1) is 16.0. The summed E-state index contributed by atoms with van der Waals surface area (Å²) in [5.74, 6) is 0.932. The molecule has 1 aromatic heterocycles. The van der Waals surface area contributed by atoms with Gasteiger partial charge in [-0.2, -0.15) is 20.2 Å². The second kappa shape index (κ2) is 8.15. The SMILES string of the molecule is CCCNc1nc(OC)nc(N(CC)CC(C)C#N)n1. The average Bonchev–Trinajstić information content (AvgIpc) is 2.49. The number of ether oxygens (including phenoxy) is 1. The van der Waals surface area contributed by atoms with E-state index in [2.05, 4.69) is 33.3 Å². The quantitative estimate of drug-likeness (QED) is 0.774. The molecule has 110 valence electrons. The first-order chi connectivity index (χ1) is 9.64. The van der Waals surface area contributed by atoms with Gasteiger partial charge in [-0.25, -0.2) is 0 Å². The molecule has 0 aliphatic carbocycles. The van der Waals surface area contributed by atoms with Crippen molar-refractivity contribution in [3.63, 3.8) is 0 Å². The van der Waals surface area contributed by atoms with E-state index in [9.17, 15) is 0 Å². The summed E-state index contributed by atoms with van der Waals surface area (Å²) in [7, 11) is 1.52. The molecule has 1 unspecified atom stereocenters. The van der Waals surface area contributed by atoms with E-state index in [0.29, 0.717) is 25.0 Å². The van der Waals surface area contributed by atoms with Crippen LogP contribution in [0.2, 0.25) is 0 Å². The molecule has 0 aliphatic rings. The highest BCUT2D eigenvalue weighted by Crippen LogP contribution is 2.16. The largest absolute Gasteiger partial charge is 0.467 e. The fourth-order valence-electron chi connectivity index (χ4n) is 1.62. The summed E-state index contributed by atoms with van der Waals surface area (Å²) < 4.78 is 5.11. The van der Waals surface area contributed by atoms with Crippen molar-refractivity contribution in [1.82, 2.24) is 15.0 Å². The Labute approximate surface area is 120 Å². The Bertz CT molecular complexity index is 459. The van der Waals surface area contributed by atoms with Crippen LogP contribution in [0.3, 0.4) is 0 Å². The minimum absolute atomic E-state index is 0.0928. The Morgan fingerprint density at radius 1 is 1.35 bits per heavy atom. The summed E-state index contributed by atoms with van der Waals surface area (Å²) >= 11 is 0. The van der Waals surface area contributed by atoms with Crippen molar-refractivity contribution in [2.45, 2.75) is 27.2 Å². The number of nitrogens with one attached hydrogen (secondary N) is 1. The summed E-state index contributed by atoms with van der Waals surface area (Å²) in [6.07, 6.45) is 0.978. The number of hydrogen-bond donors (Lipinski definition) is 1. The van der Waals surface area contributed by atoms with Crippen LogP contribution < -0.4 is 15.0 Å². The zero-order chi connectivity index (χ0) is 15.0. The third kappa shape index (κ3) is 4.53. The lowest BCUT2D eigenvalue weighted by molar-refractivity contribution is 0.378. The molecule has 0 aromatic carbocycles. The molecular formula is C13H22N6O. The molecule has 7 nitrogen and oxygen atoms in total. The fourth-order valence-corrected chi connectivity index (χ4v) is 1.62. The van der Waals surface area contributed by atoms with Crippen LogP contribution in [0.5, 0.6) is 6.01 Å². The van der Waals surface area contributed by atoms with E-state index in [-0.39, 0.29) is 11.9 Å². The highest BCUT2D eigenvalue weighted by atomic mass is 16.5. The summed E-state index contributed by atoms with van der Waals surface area (Å²) in [6.45, 7) is 8.02. The lowest BCUT2D eigenvalue weighted by Gasteiger charge is -2.22. The molecule has 0 saturated carbocycles. The monoisotopic (exact) mass is 278 g/mol. The number of nitrogens with zero attached hydrogens (tertiary/aromatic N) is 5. The first-order valence-electron chi connectivity index (χ1n) is 6.83. The van der Waals surface area contributed by atoms with Crippen molar-refractivity contribution >= 4 is 11.9 Å². The van der Waals surface area contributed by atoms with E-state index in [1.165, 1.54) is 7.11 Å². The molecule has 0 saturated heterocycles. The predicted molar refractivity (Wildman–Crippen MR) is 77.8 cm³/mol. The van der Waals surface area contributed by atoms with Crippen molar-refractivity contribution in [3.05, 3.63) is 0 Å². The van der Waals surface area contributed by atoms with Gasteiger partial charge in [0.2, 0.25) is 11.9 Å². The number of anilines is 2. The third-order valence-corrected chi connectivity index (χ3v) is 2.70. The maximum Gasteiger partial charge on any atom is 0.322 e. The molecule has 1 rings (SSSR count). The number of methoxy groups -OCH3 is 1. The van der Waals surface area contributed by atoms with Crippen LogP contribution in [0.25, 0.3) is 0 Å². The van der Waals surface area contributed by atoms with Gasteiger partial charge in [0, 0.05) is 19.6 Å². The van der Waals surface area contributed by atoms with Crippen LogP contribution in [0.1, 0.15) is 27.2 Å². The maximum atomic E-state index is 8.93. The highest BCUT2D eigenvalue weighted by Gasteiger charge is 2.15. The van der Waals surface area contributed by atoms with Gasteiger partial charge < -0.3 is 15.0 Å². The summed E-state index contributed by atoms with van der Waals surface area (Å²) in [5.41, 5.74) is 0. The van der Waals surface area contributed by atoms with Crippen LogP contribution in [0.15, 0.2) is 0 Å². The second-order valence-corrected chi connectivity index (χ2v) is 4.44. The van der Waals surface area contributed by atoms with Gasteiger partial charge >= 0.3 is 6.01 Å². The van der Waals surface area contributed by atoms with Crippen LogP contribution >= 0.6 is 0 Å². The number of aromatic nitrogens is 3. The summed E-state index contributed by atoms with van der Waals surface area (Å²) in [5, 5.41) is 12.1. The summed E-state index contributed by atoms with van der Waals surface area (Å²) in [4.78, 5) is 14.7. The van der Waals surface area contributed by atoms with Gasteiger partial charge in [-0.15, -0.1) is 0 Å². The molecule has 1 heterocycles. The Kier molecular flexibility index (Phi) is 6.50. The van der Waals surface area contributed by atoms with E-state index in [4.69, 9.17) is 10.00 Å². The maximum absolute atomic E-state index is 8.93. The molecule has 0 amide bonds. The molecule has 0 aliphatic heterocycles. The molecule has 20 heavy (non-hydrogen) atoms. The van der Waals surface area contributed by atoms with Gasteiger partial charge in [-0.3, -0.25) is 0 Å². The van der Waals surface area contributed by atoms with Gasteiger partial charge in [-0.05, 0) is 20.3 Å². The lowest BCUT2D eigenvalue weighted by Crippen LogP contribution is -2.30. The molecule has 1 aromatic rings. The van der Waals surface area contributed by atoms with Crippen molar-refractivity contribution in [3.8, 4) is 12.1 Å². The molecule has 1 N–H and O–H groups in total. The van der Waals surface area contributed by atoms with Crippen molar-refractivity contribution in [2.75, 3.05) is 37.0 Å². The van der Waals surface area contributed by atoms with Crippen LogP contribution in [0, 0.1) is 17.2 Å². The van der Waals surface area contributed by atoms with Crippen molar-refractivity contribution in [2.24, 2.45) is 5.92 Å². The van der Waals surface area contributed by atoms with E-state index in [1.807, 2.05) is 18.7 Å². The van der Waals surface area contributed by atoms with Gasteiger partial charge in [0.25, 0.3) is 0 Å². The van der Waals surface area contributed by atoms with Gasteiger partial charge in [0.05, 0.1) is 19.1 Å². The van der Waals surface area contributed by atoms with Gasteiger partial charge in [0.1, 0.15) is 0 Å². The third-order valence-electron chi connectivity index (χ3n) is 2.70. The minimum Gasteiger partial charge on any atom is -0.467 e. The van der Waals surface area contributed by atoms with Gasteiger partial charge in [0.15, 0.2) is 0 Å². The molecule has 0 spiro atoms.